The summed E-state index contributed by atoms with van der Waals surface area (Å²) in [7, 11) is 0. The van der Waals surface area contributed by atoms with E-state index in [0.717, 1.165) is 21.9 Å². The lowest BCUT2D eigenvalue weighted by Gasteiger charge is -2.42. The van der Waals surface area contributed by atoms with Crippen LogP contribution < -0.4 is 0 Å². The summed E-state index contributed by atoms with van der Waals surface area (Å²) < 4.78 is 80.9. The smallest absolute Gasteiger partial charge is 0.333 e. The molecular weight excluding hydrogens is 532 g/mol. The van der Waals surface area contributed by atoms with Gasteiger partial charge in [0, 0.05) is 50.2 Å². The van der Waals surface area contributed by atoms with Gasteiger partial charge in [0.1, 0.15) is 0 Å². The summed E-state index contributed by atoms with van der Waals surface area (Å²) in [4.78, 5) is 21.2. The van der Waals surface area contributed by atoms with Gasteiger partial charge in [0.05, 0.1) is 11.1 Å². The molecule has 0 radical (unpaired) electrons. The minimum Gasteiger partial charge on any atom is -0.333 e. The number of alkyl halides is 6. The molecule has 1 aliphatic rings. The molecule has 0 bridgehead atoms. The van der Waals surface area contributed by atoms with Crippen LogP contribution in [0.1, 0.15) is 32.6 Å². The van der Waals surface area contributed by atoms with Crippen LogP contribution in [0.3, 0.4) is 0 Å². The second-order valence-electron chi connectivity index (χ2n) is 9.93. The van der Waals surface area contributed by atoms with Crippen molar-refractivity contribution in [3.8, 4) is 0 Å². The molecule has 0 spiro atoms. The fraction of sp³-hybridized carbons (Fsp3) is 0.267. The Balaban J connectivity index is 1.48. The molecule has 0 N–H and O–H groups in total. The predicted octanol–water partition coefficient (Wildman–Crippen LogP) is 6.84. The van der Waals surface area contributed by atoms with Crippen LogP contribution in [0.2, 0.25) is 0 Å². The highest BCUT2D eigenvalue weighted by molar-refractivity contribution is 5.95. The van der Waals surface area contributed by atoms with Crippen molar-refractivity contribution in [2.75, 3.05) is 19.6 Å². The number of piperazine rings is 1. The Morgan fingerprint density at radius 3 is 2.15 bits per heavy atom. The number of carbonyl (C=O) groups excluding carboxylic acids is 1. The third kappa shape index (κ3) is 6.28. The van der Waals surface area contributed by atoms with E-state index in [-0.39, 0.29) is 12.6 Å². The molecule has 1 aliphatic heterocycles. The fourth-order valence-electron chi connectivity index (χ4n) is 5.14. The number of halogens is 6. The lowest BCUT2D eigenvalue weighted by molar-refractivity contribution is -0.143. The van der Waals surface area contributed by atoms with Gasteiger partial charge in [0.15, 0.2) is 0 Å². The Labute approximate surface area is 226 Å². The minimum atomic E-state index is -5.04. The van der Waals surface area contributed by atoms with Crippen LogP contribution in [0.25, 0.3) is 10.8 Å². The average Bonchev–Trinajstić information content (AvgIpc) is 2.92. The van der Waals surface area contributed by atoms with E-state index in [1.165, 1.54) is 4.90 Å². The van der Waals surface area contributed by atoms with E-state index in [2.05, 4.69) is 9.88 Å². The maximum Gasteiger partial charge on any atom is 0.416 e. The molecule has 3 aromatic carbocycles. The third-order valence-corrected chi connectivity index (χ3v) is 7.08. The zero-order valence-corrected chi connectivity index (χ0v) is 21.2. The van der Waals surface area contributed by atoms with Gasteiger partial charge in [0.25, 0.3) is 5.91 Å². The minimum absolute atomic E-state index is 0.0369. The molecule has 1 atom stereocenters. The Morgan fingerprint density at radius 1 is 0.800 bits per heavy atom. The zero-order chi connectivity index (χ0) is 28.5. The molecule has 1 fully saturated rings. The highest BCUT2D eigenvalue weighted by atomic mass is 19.4. The number of aromatic nitrogens is 1. The maximum atomic E-state index is 13.6. The number of carbonyl (C=O) groups is 1. The summed E-state index contributed by atoms with van der Waals surface area (Å²) in [5, 5.41) is 2.03. The number of benzene rings is 3. The predicted molar refractivity (Wildman–Crippen MR) is 138 cm³/mol. The van der Waals surface area contributed by atoms with E-state index in [4.69, 9.17) is 0 Å². The van der Waals surface area contributed by atoms with Crippen LogP contribution in [-0.4, -0.2) is 46.4 Å². The highest BCUT2D eigenvalue weighted by Crippen LogP contribution is 2.37. The van der Waals surface area contributed by atoms with Crippen molar-refractivity contribution >= 4 is 16.7 Å². The lowest BCUT2D eigenvalue weighted by atomic mass is 9.97. The summed E-state index contributed by atoms with van der Waals surface area (Å²) in [5.74, 6) is -0.858. The molecule has 4 aromatic rings. The number of hydrogen-bond acceptors (Lipinski definition) is 3. The Kier molecular flexibility index (Phi) is 7.55. The number of fused-ring (bicyclic) bond motifs is 1. The van der Waals surface area contributed by atoms with E-state index in [1.54, 1.807) is 12.4 Å². The van der Waals surface area contributed by atoms with Gasteiger partial charge in [-0.2, -0.15) is 26.3 Å². The first kappa shape index (κ1) is 27.6. The van der Waals surface area contributed by atoms with Crippen molar-refractivity contribution in [1.29, 1.82) is 0 Å². The summed E-state index contributed by atoms with van der Waals surface area (Å²) >= 11 is 0. The number of rotatable bonds is 5. The first-order chi connectivity index (χ1) is 19.0. The molecule has 1 aromatic heterocycles. The SMILES string of the molecule is O=C(c1cc(C(F)(F)F)cc(C(F)(F)F)c1)N1CCN(Cc2cccnc2)C[C@H]1Cc1ccc2ccccc2c1. The Morgan fingerprint density at radius 2 is 1.50 bits per heavy atom. The molecule has 208 valence electrons. The standard InChI is InChI=1S/C30H25F6N3O/c31-29(32,33)25-14-24(15-26(16-25)30(34,35)36)28(40)39-11-10-38(18-21-4-3-9-37-17-21)19-27(39)13-20-7-8-22-5-1-2-6-23(22)12-20/h1-9,12,14-17,27H,10-11,13,18-19H2/t27-/m1/s1. The third-order valence-electron chi connectivity index (χ3n) is 7.08. The monoisotopic (exact) mass is 557 g/mol. The first-order valence-corrected chi connectivity index (χ1v) is 12.7. The molecular formula is C30H25F6N3O. The molecule has 0 unspecified atom stereocenters. The number of pyridine rings is 1. The van der Waals surface area contributed by atoms with Gasteiger partial charge >= 0.3 is 12.4 Å². The van der Waals surface area contributed by atoms with E-state index in [9.17, 15) is 31.1 Å². The van der Waals surface area contributed by atoms with Crippen molar-refractivity contribution in [3.05, 3.63) is 113 Å². The summed E-state index contributed by atoms with van der Waals surface area (Å²) in [6, 6.07) is 17.9. The maximum absolute atomic E-state index is 13.6. The Bertz CT molecular complexity index is 1470. The van der Waals surface area contributed by atoms with Crippen molar-refractivity contribution in [2.45, 2.75) is 31.4 Å². The number of hydrogen-bond donors (Lipinski definition) is 0. The van der Waals surface area contributed by atoms with Gasteiger partial charge < -0.3 is 4.90 Å². The second-order valence-corrected chi connectivity index (χ2v) is 9.93. The molecule has 1 saturated heterocycles. The van der Waals surface area contributed by atoms with Crippen molar-refractivity contribution in [2.24, 2.45) is 0 Å². The normalized spacial score (nSPS) is 16.9. The quantitative estimate of drug-likeness (QED) is 0.252. The van der Waals surface area contributed by atoms with E-state index in [0.29, 0.717) is 38.2 Å². The largest absolute Gasteiger partial charge is 0.416 e. The van der Waals surface area contributed by atoms with Gasteiger partial charge in [-0.05, 0) is 52.6 Å². The van der Waals surface area contributed by atoms with Gasteiger partial charge in [-0.25, -0.2) is 0 Å². The lowest BCUT2D eigenvalue weighted by Crippen LogP contribution is -2.55. The molecule has 40 heavy (non-hydrogen) atoms. The second kappa shape index (κ2) is 10.9. The van der Waals surface area contributed by atoms with Crippen LogP contribution >= 0.6 is 0 Å². The van der Waals surface area contributed by atoms with Gasteiger partial charge in [0.2, 0.25) is 0 Å². The average molecular weight is 558 g/mol. The number of nitrogens with zero attached hydrogens (tertiary/aromatic N) is 3. The van der Waals surface area contributed by atoms with Crippen molar-refractivity contribution in [3.63, 3.8) is 0 Å². The van der Waals surface area contributed by atoms with E-state index >= 15 is 0 Å². The van der Waals surface area contributed by atoms with Crippen LogP contribution in [0.4, 0.5) is 26.3 Å². The van der Waals surface area contributed by atoms with Crippen molar-refractivity contribution in [1.82, 2.24) is 14.8 Å². The Hall–Kier alpha value is -3.92. The molecule has 10 heteroatoms. The van der Waals surface area contributed by atoms with E-state index < -0.39 is 41.0 Å². The highest BCUT2D eigenvalue weighted by Gasteiger charge is 2.39. The van der Waals surface area contributed by atoms with E-state index in [1.807, 2.05) is 54.6 Å². The molecule has 2 heterocycles. The van der Waals surface area contributed by atoms with Gasteiger partial charge in [-0.3, -0.25) is 14.7 Å². The van der Waals surface area contributed by atoms with Gasteiger partial charge in [-0.15, -0.1) is 0 Å². The molecule has 0 aliphatic carbocycles. The summed E-state index contributed by atoms with van der Waals surface area (Å²) in [6.45, 7) is 1.49. The first-order valence-electron chi connectivity index (χ1n) is 12.7. The summed E-state index contributed by atoms with van der Waals surface area (Å²) in [5.41, 5.74) is -1.78. The van der Waals surface area contributed by atoms with Crippen LogP contribution in [0, 0.1) is 0 Å². The van der Waals surface area contributed by atoms with Crippen LogP contribution in [-0.2, 0) is 25.3 Å². The van der Waals surface area contributed by atoms with Crippen LogP contribution in [0.15, 0.2) is 85.2 Å². The molecule has 5 rings (SSSR count). The molecule has 0 saturated carbocycles. The fourth-order valence-corrected chi connectivity index (χ4v) is 5.14. The molecule has 1 amide bonds. The van der Waals surface area contributed by atoms with Crippen molar-refractivity contribution < 1.29 is 31.1 Å². The van der Waals surface area contributed by atoms with Gasteiger partial charge in [-0.1, -0.05) is 48.5 Å². The zero-order valence-electron chi connectivity index (χ0n) is 21.2. The summed E-state index contributed by atoms with van der Waals surface area (Å²) in [6.07, 6.45) is -6.30. The van der Waals surface area contributed by atoms with Crippen LogP contribution in [0.5, 0.6) is 0 Å². The molecule has 4 nitrogen and oxygen atoms in total. The number of amides is 1. The topological polar surface area (TPSA) is 36.4 Å².